The first-order chi connectivity index (χ1) is 10.2. The quantitative estimate of drug-likeness (QED) is 0.812. The molecular weight excluding hydrogens is 290 g/mol. The van der Waals surface area contributed by atoms with E-state index in [0.29, 0.717) is 37.6 Å². The van der Waals surface area contributed by atoms with Crippen molar-refractivity contribution in [2.75, 3.05) is 38.3 Å². The molecule has 1 aromatic rings. The molecular formula is C15H19NO4S. The van der Waals surface area contributed by atoms with Crippen LogP contribution in [0, 0.1) is 5.92 Å². The van der Waals surface area contributed by atoms with Crippen molar-refractivity contribution >= 4 is 16.7 Å². The fourth-order valence-electron chi connectivity index (χ4n) is 2.75. The molecule has 1 unspecified atom stereocenters. The van der Waals surface area contributed by atoms with E-state index >= 15 is 0 Å². The Bertz CT molecular complexity index is 565. The van der Waals surface area contributed by atoms with Gasteiger partial charge in [-0.25, -0.2) is 0 Å². The Morgan fingerprint density at radius 2 is 2.14 bits per heavy atom. The van der Waals surface area contributed by atoms with Crippen LogP contribution in [0.2, 0.25) is 0 Å². The van der Waals surface area contributed by atoms with Crippen molar-refractivity contribution < 1.29 is 18.5 Å². The Labute approximate surface area is 126 Å². The lowest BCUT2D eigenvalue weighted by molar-refractivity contribution is -0.136. The molecule has 0 aliphatic carbocycles. The minimum absolute atomic E-state index is 0.119. The number of carbonyl (C=O) groups excluding carboxylic acids is 1. The second-order valence-electron chi connectivity index (χ2n) is 5.36. The third kappa shape index (κ3) is 3.05. The number of carbonyl (C=O) groups is 1. The number of rotatable bonds is 2. The molecule has 2 aliphatic heterocycles. The molecule has 0 saturated carbocycles. The summed E-state index contributed by atoms with van der Waals surface area (Å²) in [5, 5.41) is 0. The summed E-state index contributed by atoms with van der Waals surface area (Å²) in [7, 11) is 0.861. The van der Waals surface area contributed by atoms with Gasteiger partial charge in [0.2, 0.25) is 5.91 Å². The number of amides is 1. The molecule has 114 valence electrons. The van der Waals surface area contributed by atoms with E-state index < -0.39 is 10.8 Å². The second-order valence-corrected chi connectivity index (χ2v) is 7.06. The van der Waals surface area contributed by atoms with E-state index in [1.54, 1.807) is 7.11 Å². The summed E-state index contributed by atoms with van der Waals surface area (Å²) in [6.07, 6.45) is 0.692. The number of ether oxygens (including phenoxy) is 2. The Hall–Kier alpha value is -1.56. The van der Waals surface area contributed by atoms with Gasteiger partial charge in [0.25, 0.3) is 0 Å². The number of methoxy groups -OCH3 is 1. The Morgan fingerprint density at radius 1 is 1.38 bits per heavy atom. The first-order valence-corrected chi connectivity index (χ1v) is 8.59. The molecule has 0 spiro atoms. The summed E-state index contributed by atoms with van der Waals surface area (Å²) in [6, 6.07) is 5.71. The molecule has 1 fully saturated rings. The van der Waals surface area contributed by atoms with Crippen LogP contribution in [0.3, 0.4) is 0 Å². The van der Waals surface area contributed by atoms with Gasteiger partial charge in [-0.3, -0.25) is 9.00 Å². The van der Waals surface area contributed by atoms with Gasteiger partial charge in [-0.05, 0) is 18.1 Å². The van der Waals surface area contributed by atoms with E-state index in [2.05, 4.69) is 0 Å². The van der Waals surface area contributed by atoms with Gasteiger partial charge in [0.05, 0.1) is 13.0 Å². The summed E-state index contributed by atoms with van der Waals surface area (Å²) in [4.78, 5) is 14.3. The maximum absolute atomic E-state index is 12.5. The average molecular weight is 309 g/mol. The van der Waals surface area contributed by atoms with Gasteiger partial charge in [-0.2, -0.15) is 0 Å². The van der Waals surface area contributed by atoms with Gasteiger partial charge >= 0.3 is 0 Å². The van der Waals surface area contributed by atoms with Crippen molar-refractivity contribution in [1.29, 1.82) is 0 Å². The van der Waals surface area contributed by atoms with Crippen LogP contribution in [0.15, 0.2) is 18.2 Å². The lowest BCUT2D eigenvalue weighted by atomic mass is 9.95. The molecule has 2 aliphatic rings. The van der Waals surface area contributed by atoms with Crippen molar-refractivity contribution in [2.24, 2.45) is 5.92 Å². The Balaban J connectivity index is 1.68. The molecule has 6 heteroatoms. The van der Waals surface area contributed by atoms with Crippen LogP contribution < -0.4 is 9.47 Å². The van der Waals surface area contributed by atoms with Gasteiger partial charge in [0, 0.05) is 41.5 Å². The van der Waals surface area contributed by atoms with Crippen LogP contribution in [-0.2, 0) is 22.0 Å². The average Bonchev–Trinajstić information content (AvgIpc) is 2.54. The predicted molar refractivity (Wildman–Crippen MR) is 80.1 cm³/mol. The van der Waals surface area contributed by atoms with Gasteiger partial charge in [0.1, 0.15) is 18.1 Å². The zero-order valence-corrected chi connectivity index (χ0v) is 12.9. The zero-order chi connectivity index (χ0) is 14.8. The molecule has 0 aromatic heterocycles. The van der Waals surface area contributed by atoms with Crippen LogP contribution >= 0.6 is 0 Å². The van der Waals surface area contributed by atoms with E-state index in [0.717, 1.165) is 17.1 Å². The van der Waals surface area contributed by atoms with Crippen molar-refractivity contribution in [1.82, 2.24) is 4.90 Å². The van der Waals surface area contributed by atoms with E-state index in [4.69, 9.17) is 9.47 Å². The highest BCUT2D eigenvalue weighted by atomic mass is 32.2. The summed E-state index contributed by atoms with van der Waals surface area (Å²) in [6.45, 7) is 1.59. The maximum Gasteiger partial charge on any atom is 0.229 e. The number of fused-ring (bicyclic) bond motifs is 1. The fraction of sp³-hybridized carbons (Fsp3) is 0.533. The van der Waals surface area contributed by atoms with E-state index in [1.165, 1.54) is 0 Å². The smallest absolute Gasteiger partial charge is 0.229 e. The van der Waals surface area contributed by atoms with Crippen molar-refractivity contribution in [3.05, 3.63) is 23.8 Å². The van der Waals surface area contributed by atoms with Gasteiger partial charge in [-0.1, -0.05) is 6.07 Å². The van der Waals surface area contributed by atoms with Crippen molar-refractivity contribution in [3.8, 4) is 11.5 Å². The van der Waals surface area contributed by atoms with Gasteiger partial charge in [-0.15, -0.1) is 0 Å². The topological polar surface area (TPSA) is 55.8 Å². The molecule has 5 nitrogen and oxygen atoms in total. The highest BCUT2D eigenvalue weighted by Gasteiger charge is 2.31. The maximum atomic E-state index is 12.5. The fourth-order valence-corrected chi connectivity index (χ4v) is 3.81. The van der Waals surface area contributed by atoms with Crippen LogP contribution in [0.4, 0.5) is 0 Å². The molecule has 1 aromatic carbocycles. The van der Waals surface area contributed by atoms with Crippen molar-refractivity contribution in [3.63, 3.8) is 0 Å². The van der Waals surface area contributed by atoms with Crippen molar-refractivity contribution in [2.45, 2.75) is 6.42 Å². The Morgan fingerprint density at radius 3 is 2.86 bits per heavy atom. The minimum atomic E-state index is -0.761. The van der Waals surface area contributed by atoms with Crippen LogP contribution in [0.1, 0.15) is 5.56 Å². The second kappa shape index (κ2) is 6.05. The predicted octanol–water partition coefficient (Wildman–Crippen LogP) is 0.837. The van der Waals surface area contributed by atoms with Gasteiger partial charge in [0.15, 0.2) is 0 Å². The lowest BCUT2D eigenvalue weighted by Gasteiger charge is -2.32. The summed E-state index contributed by atoms with van der Waals surface area (Å²) in [5.41, 5.74) is 1.04. The SMILES string of the molecule is COc1ccc2c(c1)OCC(C(=O)N1CCS(=O)CC1)C2. The molecule has 2 heterocycles. The van der Waals surface area contributed by atoms with Crippen LogP contribution in [0.5, 0.6) is 11.5 Å². The molecule has 0 bridgehead atoms. The third-order valence-corrected chi connectivity index (χ3v) is 5.30. The van der Waals surface area contributed by atoms with Crippen LogP contribution in [0.25, 0.3) is 0 Å². The summed E-state index contributed by atoms with van der Waals surface area (Å²) >= 11 is 0. The van der Waals surface area contributed by atoms with E-state index in [1.807, 2.05) is 23.1 Å². The lowest BCUT2D eigenvalue weighted by Crippen LogP contribution is -2.46. The molecule has 0 radical (unpaired) electrons. The Kier molecular flexibility index (Phi) is 4.14. The largest absolute Gasteiger partial charge is 0.497 e. The number of nitrogens with zero attached hydrogens (tertiary/aromatic N) is 1. The zero-order valence-electron chi connectivity index (χ0n) is 12.0. The monoisotopic (exact) mass is 309 g/mol. The summed E-state index contributed by atoms with van der Waals surface area (Å²) < 4.78 is 22.3. The number of hydrogen-bond donors (Lipinski definition) is 0. The minimum Gasteiger partial charge on any atom is -0.497 e. The first kappa shape index (κ1) is 14.4. The molecule has 0 N–H and O–H groups in total. The third-order valence-electron chi connectivity index (χ3n) is 4.02. The highest BCUT2D eigenvalue weighted by Crippen LogP contribution is 2.31. The molecule has 1 amide bonds. The standard InChI is InChI=1S/C15H19NO4S/c1-19-13-3-2-11-8-12(10-20-14(11)9-13)15(17)16-4-6-21(18)7-5-16/h2-3,9,12H,4-8,10H2,1H3. The summed E-state index contributed by atoms with van der Waals surface area (Å²) in [5.74, 6) is 2.72. The highest BCUT2D eigenvalue weighted by molar-refractivity contribution is 7.85. The molecule has 1 atom stereocenters. The first-order valence-electron chi connectivity index (χ1n) is 7.11. The molecule has 1 saturated heterocycles. The van der Waals surface area contributed by atoms with E-state index in [-0.39, 0.29) is 11.8 Å². The molecule has 3 rings (SSSR count). The number of benzene rings is 1. The number of hydrogen-bond acceptors (Lipinski definition) is 4. The normalized spacial score (nSPS) is 22.3. The molecule has 21 heavy (non-hydrogen) atoms. The van der Waals surface area contributed by atoms with Crippen LogP contribution in [-0.4, -0.2) is 53.3 Å². The van der Waals surface area contributed by atoms with E-state index in [9.17, 15) is 9.00 Å². The van der Waals surface area contributed by atoms with Gasteiger partial charge < -0.3 is 14.4 Å².